The minimum atomic E-state index is -3.72. The third-order valence-electron chi connectivity index (χ3n) is 5.78. The van der Waals surface area contributed by atoms with Crippen LogP contribution in [0.1, 0.15) is 54.4 Å². The quantitative estimate of drug-likeness (QED) is 0.678. The molecular weight excluding hydrogens is 440 g/mol. The van der Waals surface area contributed by atoms with Crippen LogP contribution in [-0.2, 0) is 21.4 Å². The number of sulfonamides is 1. The van der Waals surface area contributed by atoms with Gasteiger partial charge in [-0.2, -0.15) is 0 Å². The van der Waals surface area contributed by atoms with Crippen LogP contribution in [0.3, 0.4) is 0 Å². The van der Waals surface area contributed by atoms with Gasteiger partial charge in [0, 0.05) is 43.7 Å². The second kappa shape index (κ2) is 10.2. The van der Waals surface area contributed by atoms with Crippen molar-refractivity contribution in [2.75, 3.05) is 18.4 Å². The van der Waals surface area contributed by atoms with Crippen LogP contribution < -0.4 is 10.0 Å². The number of hydrogen-bond acceptors (Lipinski definition) is 5. The predicted molar refractivity (Wildman–Crippen MR) is 127 cm³/mol. The summed E-state index contributed by atoms with van der Waals surface area (Å²) < 4.78 is 27.9. The number of amidine groups is 1. The topological polar surface area (TPSA) is 108 Å². The molecule has 2 amide bonds. The van der Waals surface area contributed by atoms with Gasteiger partial charge in [-0.05, 0) is 61.2 Å². The molecule has 4 rings (SSSR count). The number of carbonyl (C=O) groups excluding carboxylic acids is 2. The van der Waals surface area contributed by atoms with Crippen LogP contribution >= 0.6 is 0 Å². The second-order valence-electron chi connectivity index (χ2n) is 8.34. The van der Waals surface area contributed by atoms with Gasteiger partial charge in [-0.1, -0.05) is 18.6 Å². The Morgan fingerprint density at radius 1 is 1.00 bits per heavy atom. The Kier molecular flexibility index (Phi) is 7.08. The van der Waals surface area contributed by atoms with Gasteiger partial charge in [0.2, 0.25) is 5.91 Å². The molecule has 0 atom stereocenters. The van der Waals surface area contributed by atoms with Gasteiger partial charge < -0.3 is 10.2 Å². The van der Waals surface area contributed by atoms with Gasteiger partial charge in [0.05, 0.1) is 4.90 Å². The number of benzene rings is 2. The van der Waals surface area contributed by atoms with E-state index in [9.17, 15) is 18.0 Å². The van der Waals surface area contributed by atoms with Crippen LogP contribution in [0.2, 0.25) is 0 Å². The van der Waals surface area contributed by atoms with Gasteiger partial charge in [0.25, 0.3) is 15.9 Å². The zero-order valence-electron chi connectivity index (χ0n) is 18.4. The minimum Gasteiger partial charge on any atom is -0.338 e. The number of hydrogen-bond donors (Lipinski definition) is 2. The van der Waals surface area contributed by atoms with Crippen molar-refractivity contribution < 1.29 is 18.0 Å². The molecule has 174 valence electrons. The smallest absolute Gasteiger partial charge is 0.262 e. The maximum Gasteiger partial charge on any atom is 0.262 e. The monoisotopic (exact) mass is 468 g/mol. The van der Waals surface area contributed by atoms with Gasteiger partial charge in [-0.25, -0.2) is 8.42 Å². The van der Waals surface area contributed by atoms with E-state index in [0.717, 1.165) is 37.8 Å². The molecule has 2 aliphatic rings. The Hall–Kier alpha value is -3.20. The maximum absolute atomic E-state index is 12.7. The van der Waals surface area contributed by atoms with Crippen LogP contribution in [0, 0.1) is 0 Å². The van der Waals surface area contributed by atoms with Gasteiger partial charge in [0.15, 0.2) is 0 Å². The summed E-state index contributed by atoms with van der Waals surface area (Å²) in [5, 5.41) is 2.80. The number of rotatable bonds is 6. The van der Waals surface area contributed by atoms with E-state index < -0.39 is 10.0 Å². The fourth-order valence-corrected chi connectivity index (χ4v) is 5.08. The molecule has 0 unspecified atom stereocenters. The molecule has 2 N–H and O–H groups in total. The van der Waals surface area contributed by atoms with Crippen LogP contribution in [0.4, 0.5) is 5.69 Å². The Balaban J connectivity index is 1.39. The van der Waals surface area contributed by atoms with Crippen molar-refractivity contribution in [1.29, 1.82) is 0 Å². The molecule has 0 bridgehead atoms. The van der Waals surface area contributed by atoms with Crippen molar-refractivity contribution in [1.82, 2.24) is 9.62 Å². The average Bonchev–Trinajstić information content (AvgIpc) is 3.03. The lowest BCUT2D eigenvalue weighted by Gasteiger charge is -2.16. The molecule has 0 saturated carbocycles. The molecule has 2 aromatic rings. The highest BCUT2D eigenvalue weighted by molar-refractivity contribution is 7.90. The minimum absolute atomic E-state index is 0.115. The summed E-state index contributed by atoms with van der Waals surface area (Å²) in [4.78, 5) is 30.8. The molecule has 0 spiro atoms. The summed E-state index contributed by atoms with van der Waals surface area (Å²) in [7, 11) is -3.72. The molecule has 2 aliphatic heterocycles. The first-order chi connectivity index (χ1) is 15.9. The number of carbonyl (C=O) groups is 2. The maximum atomic E-state index is 12.7. The van der Waals surface area contributed by atoms with Gasteiger partial charge in [-0.15, -0.1) is 0 Å². The first kappa shape index (κ1) is 23.0. The zero-order chi connectivity index (χ0) is 23.3. The number of anilines is 1. The lowest BCUT2D eigenvalue weighted by atomic mass is 10.1. The van der Waals surface area contributed by atoms with Gasteiger partial charge >= 0.3 is 0 Å². The van der Waals surface area contributed by atoms with E-state index in [4.69, 9.17) is 0 Å². The average molecular weight is 469 g/mol. The number of nitrogens with one attached hydrogen (secondary N) is 2. The van der Waals surface area contributed by atoms with Crippen LogP contribution in [-0.4, -0.2) is 44.1 Å². The molecule has 2 heterocycles. The summed E-state index contributed by atoms with van der Waals surface area (Å²) in [6.45, 7) is 1.87. The number of aliphatic imine (C=N–C) groups is 1. The Morgan fingerprint density at radius 3 is 2.58 bits per heavy atom. The fourth-order valence-electron chi connectivity index (χ4n) is 3.99. The lowest BCUT2D eigenvalue weighted by molar-refractivity contribution is -0.128. The molecule has 33 heavy (non-hydrogen) atoms. The predicted octanol–water partition coefficient (Wildman–Crippen LogP) is 3.31. The summed E-state index contributed by atoms with van der Waals surface area (Å²) in [5.74, 6) is 0.340. The third kappa shape index (κ3) is 5.98. The summed E-state index contributed by atoms with van der Waals surface area (Å²) in [6.07, 6.45) is 5.01. The van der Waals surface area contributed by atoms with Crippen molar-refractivity contribution in [3.8, 4) is 0 Å². The van der Waals surface area contributed by atoms with Gasteiger partial charge in [0.1, 0.15) is 5.84 Å². The highest BCUT2D eigenvalue weighted by Gasteiger charge is 2.21. The molecular formula is C24H28N4O4S. The van der Waals surface area contributed by atoms with Crippen molar-refractivity contribution in [2.45, 2.75) is 50.0 Å². The second-order valence-corrected chi connectivity index (χ2v) is 10.0. The van der Waals surface area contributed by atoms with E-state index >= 15 is 0 Å². The first-order valence-corrected chi connectivity index (χ1v) is 12.7. The molecule has 1 saturated heterocycles. The van der Waals surface area contributed by atoms with Gasteiger partial charge in [-0.3, -0.25) is 19.3 Å². The number of amides is 2. The summed E-state index contributed by atoms with van der Waals surface area (Å²) >= 11 is 0. The van der Waals surface area contributed by atoms with Crippen molar-refractivity contribution in [2.24, 2.45) is 4.99 Å². The highest BCUT2D eigenvalue weighted by Crippen LogP contribution is 2.18. The van der Waals surface area contributed by atoms with E-state index in [0.29, 0.717) is 43.0 Å². The zero-order valence-corrected chi connectivity index (χ0v) is 19.2. The van der Waals surface area contributed by atoms with Crippen LogP contribution in [0.25, 0.3) is 0 Å². The Morgan fingerprint density at radius 2 is 1.82 bits per heavy atom. The highest BCUT2D eigenvalue weighted by atomic mass is 32.2. The molecule has 0 radical (unpaired) electrons. The van der Waals surface area contributed by atoms with Crippen molar-refractivity contribution in [3.63, 3.8) is 0 Å². The van der Waals surface area contributed by atoms with Crippen molar-refractivity contribution >= 4 is 33.4 Å². The van der Waals surface area contributed by atoms with Crippen LogP contribution in [0.15, 0.2) is 58.4 Å². The summed E-state index contributed by atoms with van der Waals surface area (Å²) in [6, 6.07) is 13.2. The summed E-state index contributed by atoms with van der Waals surface area (Å²) in [5.41, 5.74) is 1.86. The standard InChI is InChI=1S/C24H28N4O4S/c29-23-9-5-15-28(23)17-18-6-4-7-19(16-18)24(30)26-20-10-12-21(13-11-20)33(31,32)27-22-8-2-1-3-14-25-22/h4,6-7,10-13,16H,1-3,5,8-9,14-15,17H2,(H,25,27)(H,26,30). The first-order valence-electron chi connectivity index (χ1n) is 11.2. The largest absolute Gasteiger partial charge is 0.338 e. The molecule has 0 aromatic heterocycles. The molecule has 9 heteroatoms. The molecule has 8 nitrogen and oxygen atoms in total. The molecule has 0 aliphatic carbocycles. The Bertz CT molecular complexity index is 1160. The normalized spacial score (nSPS) is 16.8. The lowest BCUT2D eigenvalue weighted by Crippen LogP contribution is -2.30. The fraction of sp³-hybridized carbons (Fsp3) is 0.375. The van der Waals surface area contributed by atoms with E-state index in [-0.39, 0.29) is 16.7 Å². The number of likely N-dealkylation sites (tertiary alicyclic amines) is 1. The van der Waals surface area contributed by atoms with E-state index in [1.165, 1.54) is 12.1 Å². The SMILES string of the molecule is O=C(Nc1ccc(S(=O)(=O)NC2=NCCCCC2)cc1)c1cccc(CN2CCCC2=O)c1. The van der Waals surface area contributed by atoms with E-state index in [1.807, 2.05) is 6.07 Å². The Labute approximate surface area is 194 Å². The van der Waals surface area contributed by atoms with E-state index in [1.54, 1.807) is 35.2 Å². The molecule has 2 aromatic carbocycles. The number of nitrogens with zero attached hydrogens (tertiary/aromatic N) is 2. The van der Waals surface area contributed by atoms with Crippen molar-refractivity contribution in [3.05, 3.63) is 59.7 Å². The van der Waals surface area contributed by atoms with E-state index in [2.05, 4.69) is 15.0 Å². The molecule has 1 fully saturated rings. The van der Waals surface area contributed by atoms with Crippen LogP contribution in [0.5, 0.6) is 0 Å². The third-order valence-corrected chi connectivity index (χ3v) is 7.18.